The van der Waals surface area contributed by atoms with E-state index in [9.17, 15) is 13.8 Å². The number of carbonyl (C=O) groups is 2. The molecular formula is C20H28ClNO5S. The van der Waals surface area contributed by atoms with Crippen LogP contribution in [0, 0.1) is 0 Å². The van der Waals surface area contributed by atoms with Crippen molar-refractivity contribution in [2.75, 3.05) is 6.61 Å². The van der Waals surface area contributed by atoms with Crippen molar-refractivity contribution in [1.82, 2.24) is 4.90 Å². The predicted molar refractivity (Wildman–Crippen MR) is 110 cm³/mol. The molecule has 1 aromatic rings. The van der Waals surface area contributed by atoms with Gasteiger partial charge < -0.3 is 14.7 Å². The lowest BCUT2D eigenvalue weighted by atomic mass is 9.97. The van der Waals surface area contributed by atoms with E-state index in [1.165, 1.54) is 0 Å². The largest absolute Gasteiger partial charge is 0.481 e. The number of halogens is 1. The summed E-state index contributed by atoms with van der Waals surface area (Å²) in [4.78, 5) is 26.1. The fourth-order valence-corrected chi connectivity index (χ4v) is 5.28. The summed E-state index contributed by atoms with van der Waals surface area (Å²) in [6.07, 6.45) is -0.814. The minimum Gasteiger partial charge on any atom is -0.481 e. The van der Waals surface area contributed by atoms with Gasteiger partial charge in [0.2, 0.25) is 0 Å². The summed E-state index contributed by atoms with van der Waals surface area (Å²) in [7, 11) is -1.13. The maximum Gasteiger partial charge on any atom is 0.306 e. The van der Waals surface area contributed by atoms with E-state index in [-0.39, 0.29) is 41.5 Å². The van der Waals surface area contributed by atoms with E-state index in [4.69, 9.17) is 21.4 Å². The Morgan fingerprint density at radius 2 is 1.93 bits per heavy atom. The molecule has 1 heterocycles. The van der Waals surface area contributed by atoms with E-state index >= 15 is 0 Å². The number of benzene rings is 1. The lowest BCUT2D eigenvalue weighted by molar-refractivity contribution is -0.169. The van der Waals surface area contributed by atoms with Gasteiger partial charge in [0.05, 0.1) is 24.3 Å². The van der Waals surface area contributed by atoms with Gasteiger partial charge in [0, 0.05) is 27.1 Å². The zero-order valence-corrected chi connectivity index (χ0v) is 18.2. The normalized spacial score (nSPS) is 23.5. The van der Waals surface area contributed by atoms with E-state index < -0.39 is 22.9 Å². The molecule has 0 aliphatic carbocycles. The molecule has 28 heavy (non-hydrogen) atoms. The van der Waals surface area contributed by atoms with Gasteiger partial charge >= 0.3 is 5.97 Å². The Morgan fingerprint density at radius 3 is 2.43 bits per heavy atom. The lowest BCUT2D eigenvalue weighted by Gasteiger charge is -2.45. The van der Waals surface area contributed by atoms with Crippen LogP contribution in [0.25, 0.3) is 0 Å². The molecule has 1 amide bonds. The van der Waals surface area contributed by atoms with Crippen LogP contribution in [0.2, 0.25) is 5.02 Å². The van der Waals surface area contributed by atoms with E-state index in [0.29, 0.717) is 11.4 Å². The van der Waals surface area contributed by atoms with Crippen molar-refractivity contribution in [2.24, 2.45) is 0 Å². The second-order valence-corrected chi connectivity index (χ2v) is 10.1. The highest BCUT2D eigenvalue weighted by Gasteiger charge is 2.43. The minimum absolute atomic E-state index is 0.0380. The molecule has 156 valence electrons. The number of carboxylic acids is 1. The summed E-state index contributed by atoms with van der Waals surface area (Å²) in [6, 6.07) is 6.50. The SMILES string of the molecule is CCC(C(C)S(=O)C(C)C)N1C(=O)C(CC(=O)O)OCC1c1ccc(Cl)cc1. The summed E-state index contributed by atoms with van der Waals surface area (Å²) in [6.45, 7) is 7.81. The molecule has 0 spiro atoms. The fourth-order valence-electron chi connectivity index (χ4n) is 3.66. The molecule has 0 bridgehead atoms. The number of amides is 1. The first-order chi connectivity index (χ1) is 13.2. The summed E-state index contributed by atoms with van der Waals surface area (Å²) in [5, 5.41) is 9.43. The van der Waals surface area contributed by atoms with Crippen LogP contribution in [0.3, 0.4) is 0 Å². The zero-order chi connectivity index (χ0) is 21.0. The maximum atomic E-state index is 13.2. The molecule has 5 atom stereocenters. The van der Waals surface area contributed by atoms with Gasteiger partial charge in [-0.25, -0.2) is 0 Å². The molecule has 1 N–H and O–H groups in total. The van der Waals surface area contributed by atoms with Crippen LogP contribution >= 0.6 is 11.6 Å². The summed E-state index contributed by atoms with van der Waals surface area (Å²) < 4.78 is 18.4. The van der Waals surface area contributed by atoms with Crippen molar-refractivity contribution < 1.29 is 23.6 Å². The van der Waals surface area contributed by atoms with E-state index in [1.807, 2.05) is 39.8 Å². The third-order valence-electron chi connectivity index (χ3n) is 5.08. The molecular weight excluding hydrogens is 402 g/mol. The highest BCUT2D eigenvalue weighted by Crippen LogP contribution is 2.33. The Bertz CT molecular complexity index is 724. The Morgan fingerprint density at radius 1 is 1.32 bits per heavy atom. The van der Waals surface area contributed by atoms with Gasteiger partial charge in [-0.05, 0) is 31.0 Å². The number of carboxylic acid groups (broad SMARTS) is 1. The fraction of sp³-hybridized carbons (Fsp3) is 0.600. The molecule has 8 heteroatoms. The van der Waals surface area contributed by atoms with Crippen LogP contribution in [0.15, 0.2) is 24.3 Å². The first-order valence-electron chi connectivity index (χ1n) is 9.47. The number of morpholine rings is 1. The molecule has 1 aliphatic rings. The molecule has 5 unspecified atom stereocenters. The average molecular weight is 430 g/mol. The average Bonchev–Trinajstić information content (AvgIpc) is 2.64. The van der Waals surface area contributed by atoms with Crippen LogP contribution < -0.4 is 0 Å². The molecule has 6 nitrogen and oxygen atoms in total. The standard InChI is InChI=1S/C20H28ClNO5S/c1-5-16(13(4)28(26)12(2)3)22-17(14-6-8-15(21)9-7-14)11-27-18(20(22)25)10-19(23)24/h6-9,12-13,16-18H,5,10-11H2,1-4H3,(H,23,24). The van der Waals surface area contributed by atoms with Crippen LogP contribution in [0.5, 0.6) is 0 Å². The molecule has 1 saturated heterocycles. The summed E-state index contributed by atoms with van der Waals surface area (Å²) >= 11 is 6.00. The summed E-state index contributed by atoms with van der Waals surface area (Å²) in [5.41, 5.74) is 0.854. The van der Waals surface area contributed by atoms with Crippen LogP contribution in [-0.4, -0.2) is 55.3 Å². The third-order valence-corrected chi connectivity index (χ3v) is 7.31. The van der Waals surface area contributed by atoms with Gasteiger partial charge in [-0.3, -0.25) is 13.8 Å². The predicted octanol–water partition coefficient (Wildman–Crippen LogP) is 3.41. The first-order valence-corrected chi connectivity index (χ1v) is 11.1. The quantitative estimate of drug-likeness (QED) is 0.684. The van der Waals surface area contributed by atoms with Crippen molar-refractivity contribution in [2.45, 2.75) is 69.2 Å². The molecule has 0 radical (unpaired) electrons. The van der Waals surface area contributed by atoms with E-state index in [1.54, 1.807) is 17.0 Å². The number of ether oxygens (including phenoxy) is 1. The van der Waals surface area contributed by atoms with Crippen molar-refractivity contribution in [1.29, 1.82) is 0 Å². The molecule has 2 rings (SSSR count). The third kappa shape index (κ3) is 5.13. The maximum absolute atomic E-state index is 13.2. The van der Waals surface area contributed by atoms with Crippen molar-refractivity contribution in [3.05, 3.63) is 34.9 Å². The highest BCUT2D eigenvalue weighted by atomic mass is 35.5. The smallest absolute Gasteiger partial charge is 0.306 e. The van der Waals surface area contributed by atoms with Crippen LogP contribution in [0.1, 0.15) is 52.1 Å². The van der Waals surface area contributed by atoms with Crippen LogP contribution in [0.4, 0.5) is 0 Å². The molecule has 0 saturated carbocycles. The topological polar surface area (TPSA) is 83.9 Å². The lowest BCUT2D eigenvalue weighted by Crippen LogP contribution is -2.57. The van der Waals surface area contributed by atoms with Gasteiger partial charge in [-0.15, -0.1) is 0 Å². The molecule has 0 aromatic heterocycles. The zero-order valence-electron chi connectivity index (χ0n) is 16.6. The Kier molecular flexibility index (Phi) is 8.04. The van der Waals surface area contributed by atoms with Gasteiger partial charge in [0.15, 0.2) is 0 Å². The van der Waals surface area contributed by atoms with Crippen molar-refractivity contribution in [3.8, 4) is 0 Å². The van der Waals surface area contributed by atoms with E-state index in [2.05, 4.69) is 0 Å². The monoisotopic (exact) mass is 429 g/mol. The molecule has 1 aliphatic heterocycles. The molecule has 1 aromatic carbocycles. The number of hydrogen-bond acceptors (Lipinski definition) is 4. The van der Waals surface area contributed by atoms with Crippen LogP contribution in [-0.2, 0) is 25.1 Å². The van der Waals surface area contributed by atoms with Crippen molar-refractivity contribution in [3.63, 3.8) is 0 Å². The Hall–Kier alpha value is -1.44. The minimum atomic E-state index is -1.13. The number of hydrogen-bond donors (Lipinski definition) is 1. The number of rotatable bonds is 8. The second-order valence-electron chi connectivity index (χ2n) is 7.29. The van der Waals surface area contributed by atoms with Crippen molar-refractivity contribution >= 4 is 34.3 Å². The second kappa shape index (κ2) is 9.85. The molecule has 1 fully saturated rings. The van der Waals surface area contributed by atoms with Gasteiger partial charge in [-0.2, -0.15) is 0 Å². The van der Waals surface area contributed by atoms with E-state index in [0.717, 1.165) is 5.56 Å². The number of nitrogens with zero attached hydrogens (tertiary/aromatic N) is 1. The Labute approximate surface area is 173 Å². The highest BCUT2D eigenvalue weighted by molar-refractivity contribution is 7.86. The van der Waals surface area contributed by atoms with Gasteiger partial charge in [-0.1, -0.05) is 44.5 Å². The number of carbonyl (C=O) groups excluding carboxylic acids is 1. The van der Waals surface area contributed by atoms with Gasteiger partial charge in [0.1, 0.15) is 6.10 Å². The Balaban J connectivity index is 2.43. The van der Waals surface area contributed by atoms with Gasteiger partial charge in [0.25, 0.3) is 5.91 Å². The number of aliphatic carboxylic acids is 1. The summed E-state index contributed by atoms with van der Waals surface area (Å²) in [5.74, 6) is -1.46. The first kappa shape index (κ1) is 22.8.